The van der Waals surface area contributed by atoms with Crippen LogP contribution in [0.15, 0.2) is 121 Å². The molecule has 0 radical (unpaired) electrons. The lowest BCUT2D eigenvalue weighted by Gasteiger charge is -2.09. The van der Waals surface area contributed by atoms with Gasteiger partial charge in [0.1, 0.15) is 0 Å². The van der Waals surface area contributed by atoms with Crippen LogP contribution in [0.25, 0.3) is 38.6 Å². The number of hydrogen-bond acceptors (Lipinski definition) is 1. The lowest BCUT2D eigenvalue weighted by atomic mass is 9.99. The first kappa shape index (κ1) is 21.2. The number of benzene rings is 5. The Morgan fingerprint density at radius 3 is 1.80 bits per heavy atom. The summed E-state index contributed by atoms with van der Waals surface area (Å²) in [5.74, 6) is 0.488. The second-order valence-corrected chi connectivity index (χ2v) is 9.40. The van der Waals surface area contributed by atoms with Gasteiger partial charge in [0.2, 0.25) is 0 Å². The van der Waals surface area contributed by atoms with Crippen molar-refractivity contribution in [1.82, 2.24) is 4.57 Å². The molecule has 2 nitrogen and oxygen atoms in total. The normalized spacial score (nSPS) is 11.4. The van der Waals surface area contributed by atoms with Crippen LogP contribution in [0.2, 0.25) is 0 Å². The molecule has 1 N–H and O–H groups in total. The van der Waals surface area contributed by atoms with E-state index in [1.807, 2.05) is 18.2 Å². The Labute approximate surface area is 206 Å². The average molecular weight is 453 g/mol. The molecule has 2 heteroatoms. The van der Waals surface area contributed by atoms with Crippen LogP contribution < -0.4 is 5.32 Å². The highest BCUT2D eigenvalue weighted by atomic mass is 15.0. The lowest BCUT2D eigenvalue weighted by molar-refractivity contribution is 0.868. The number of anilines is 2. The Kier molecular flexibility index (Phi) is 5.35. The summed E-state index contributed by atoms with van der Waals surface area (Å²) in [7, 11) is 0. The third-order valence-corrected chi connectivity index (χ3v) is 6.75. The van der Waals surface area contributed by atoms with Crippen LogP contribution in [0.1, 0.15) is 25.3 Å². The van der Waals surface area contributed by atoms with Crippen molar-refractivity contribution < 1.29 is 0 Å². The number of fused-ring (bicyclic) bond motifs is 3. The number of aromatic nitrogens is 1. The predicted molar refractivity (Wildman–Crippen MR) is 150 cm³/mol. The van der Waals surface area contributed by atoms with Gasteiger partial charge in [-0.05, 0) is 83.3 Å². The van der Waals surface area contributed by atoms with Gasteiger partial charge in [-0.25, -0.2) is 0 Å². The summed E-state index contributed by atoms with van der Waals surface area (Å²) < 4.78 is 2.38. The zero-order chi connectivity index (χ0) is 23.8. The second kappa shape index (κ2) is 8.81. The van der Waals surface area contributed by atoms with Crippen molar-refractivity contribution in [3.8, 4) is 16.8 Å². The van der Waals surface area contributed by atoms with E-state index in [0.717, 1.165) is 11.4 Å². The van der Waals surface area contributed by atoms with Crippen LogP contribution in [-0.2, 0) is 0 Å². The Bertz CT molecular complexity index is 1610. The smallest absolute Gasteiger partial charge is 0.0541 e. The van der Waals surface area contributed by atoms with Gasteiger partial charge >= 0.3 is 0 Å². The minimum absolute atomic E-state index is 0.488. The van der Waals surface area contributed by atoms with E-state index in [9.17, 15) is 0 Å². The SMILES string of the molecule is CC(C)c1ccc2c(c1)c1cc(-c3ccc(Nc4ccccc4)cc3)ccc1n2-c1ccccc1. The zero-order valence-corrected chi connectivity index (χ0v) is 20.1. The van der Waals surface area contributed by atoms with E-state index >= 15 is 0 Å². The van der Waals surface area contributed by atoms with Gasteiger partial charge in [-0.2, -0.15) is 0 Å². The Morgan fingerprint density at radius 1 is 0.543 bits per heavy atom. The monoisotopic (exact) mass is 452 g/mol. The highest BCUT2D eigenvalue weighted by Gasteiger charge is 2.14. The fourth-order valence-corrected chi connectivity index (χ4v) is 4.87. The Hall–Kier alpha value is -4.30. The van der Waals surface area contributed by atoms with Crippen LogP contribution in [0.4, 0.5) is 11.4 Å². The summed E-state index contributed by atoms with van der Waals surface area (Å²) in [5, 5.41) is 6.06. The molecule has 35 heavy (non-hydrogen) atoms. The van der Waals surface area contributed by atoms with Gasteiger partial charge in [-0.1, -0.05) is 74.5 Å². The van der Waals surface area contributed by atoms with Crippen LogP contribution >= 0.6 is 0 Å². The minimum atomic E-state index is 0.488. The molecule has 0 aliphatic rings. The van der Waals surface area contributed by atoms with Gasteiger partial charge in [0, 0.05) is 27.8 Å². The number of para-hydroxylation sites is 2. The number of rotatable bonds is 5. The van der Waals surface area contributed by atoms with E-state index in [0.29, 0.717) is 5.92 Å². The molecule has 170 valence electrons. The number of nitrogens with one attached hydrogen (secondary N) is 1. The van der Waals surface area contributed by atoms with Gasteiger partial charge < -0.3 is 9.88 Å². The van der Waals surface area contributed by atoms with Gasteiger partial charge in [-0.15, -0.1) is 0 Å². The molecule has 0 unspecified atom stereocenters. The standard InChI is InChI=1S/C33H28N2/c1-23(2)25-15-19-32-30(21-25)31-22-26(16-20-33(31)35(32)29-11-7-4-8-12-29)24-13-17-28(18-14-24)34-27-9-5-3-6-10-27/h3-23,34H,1-2H3. The third-order valence-electron chi connectivity index (χ3n) is 6.75. The number of hydrogen-bond donors (Lipinski definition) is 1. The van der Waals surface area contributed by atoms with Crippen molar-refractivity contribution in [3.63, 3.8) is 0 Å². The first-order valence-corrected chi connectivity index (χ1v) is 12.2. The molecule has 5 aromatic carbocycles. The second-order valence-electron chi connectivity index (χ2n) is 9.40. The van der Waals surface area contributed by atoms with Crippen molar-refractivity contribution in [2.75, 3.05) is 5.32 Å². The van der Waals surface area contributed by atoms with Crippen LogP contribution in [0.5, 0.6) is 0 Å². The van der Waals surface area contributed by atoms with Gasteiger partial charge in [0.25, 0.3) is 0 Å². The molecular weight excluding hydrogens is 424 g/mol. The molecule has 0 atom stereocenters. The summed E-state index contributed by atoms with van der Waals surface area (Å²) in [6, 6.07) is 43.4. The molecule has 1 heterocycles. The van der Waals surface area contributed by atoms with Gasteiger partial charge in [0.15, 0.2) is 0 Å². The molecule has 6 rings (SSSR count). The maximum atomic E-state index is 3.47. The summed E-state index contributed by atoms with van der Waals surface area (Å²) >= 11 is 0. The molecule has 0 fully saturated rings. The first-order chi connectivity index (χ1) is 17.2. The maximum absolute atomic E-state index is 3.47. The molecule has 0 spiro atoms. The van der Waals surface area contributed by atoms with E-state index in [1.165, 1.54) is 44.2 Å². The molecule has 6 aromatic rings. The van der Waals surface area contributed by atoms with Gasteiger partial charge in [-0.3, -0.25) is 0 Å². The molecule has 0 bridgehead atoms. The largest absolute Gasteiger partial charge is 0.356 e. The summed E-state index contributed by atoms with van der Waals surface area (Å²) in [5.41, 5.74) is 9.66. The fraction of sp³-hybridized carbons (Fsp3) is 0.0909. The van der Waals surface area contributed by atoms with E-state index in [4.69, 9.17) is 0 Å². The quantitative estimate of drug-likeness (QED) is 0.276. The molecule has 0 amide bonds. The van der Waals surface area contributed by atoms with Crippen molar-refractivity contribution in [3.05, 3.63) is 127 Å². The van der Waals surface area contributed by atoms with Crippen LogP contribution in [0.3, 0.4) is 0 Å². The molecule has 0 aliphatic heterocycles. The topological polar surface area (TPSA) is 17.0 Å². The molecule has 0 saturated carbocycles. The highest BCUT2D eigenvalue weighted by molar-refractivity contribution is 6.10. The predicted octanol–water partition coefficient (Wildman–Crippen LogP) is 9.32. The fourth-order valence-electron chi connectivity index (χ4n) is 4.87. The summed E-state index contributed by atoms with van der Waals surface area (Å²) in [6.45, 7) is 4.52. The third kappa shape index (κ3) is 3.98. The Morgan fingerprint density at radius 2 is 1.11 bits per heavy atom. The molecule has 0 aliphatic carbocycles. The summed E-state index contributed by atoms with van der Waals surface area (Å²) in [4.78, 5) is 0. The van der Waals surface area contributed by atoms with E-state index < -0.39 is 0 Å². The Balaban J connectivity index is 1.46. The van der Waals surface area contributed by atoms with E-state index in [2.05, 4.69) is 127 Å². The van der Waals surface area contributed by atoms with Crippen LogP contribution in [-0.4, -0.2) is 4.57 Å². The van der Waals surface area contributed by atoms with Crippen molar-refractivity contribution in [1.29, 1.82) is 0 Å². The van der Waals surface area contributed by atoms with Crippen molar-refractivity contribution >= 4 is 33.2 Å². The van der Waals surface area contributed by atoms with Gasteiger partial charge in [0.05, 0.1) is 11.0 Å². The lowest BCUT2D eigenvalue weighted by Crippen LogP contribution is -1.93. The first-order valence-electron chi connectivity index (χ1n) is 12.2. The van der Waals surface area contributed by atoms with E-state index in [1.54, 1.807) is 0 Å². The van der Waals surface area contributed by atoms with E-state index in [-0.39, 0.29) is 0 Å². The maximum Gasteiger partial charge on any atom is 0.0541 e. The minimum Gasteiger partial charge on any atom is -0.356 e. The van der Waals surface area contributed by atoms with Crippen LogP contribution in [0, 0.1) is 0 Å². The average Bonchev–Trinajstić information content (AvgIpc) is 3.23. The van der Waals surface area contributed by atoms with Crippen molar-refractivity contribution in [2.24, 2.45) is 0 Å². The molecule has 1 aromatic heterocycles. The zero-order valence-electron chi connectivity index (χ0n) is 20.1. The number of nitrogens with zero attached hydrogens (tertiary/aromatic N) is 1. The highest BCUT2D eigenvalue weighted by Crippen LogP contribution is 2.36. The molecule has 0 saturated heterocycles. The molecular formula is C33H28N2. The van der Waals surface area contributed by atoms with Crippen molar-refractivity contribution in [2.45, 2.75) is 19.8 Å². The summed E-state index contributed by atoms with van der Waals surface area (Å²) in [6.07, 6.45) is 0.